The Morgan fingerprint density at radius 1 is 1.00 bits per heavy atom. The van der Waals surface area contributed by atoms with Gasteiger partial charge in [-0.1, -0.05) is 64.6 Å². The lowest BCUT2D eigenvalue weighted by atomic mass is 10.0. The van der Waals surface area contributed by atoms with Crippen molar-refractivity contribution in [3.8, 4) is 5.75 Å². The Balaban J connectivity index is 1.63. The van der Waals surface area contributed by atoms with Gasteiger partial charge in [-0.25, -0.2) is 13.1 Å². The monoisotopic (exact) mass is 557 g/mol. The standard InChI is InChI=1S/C23H19Cl4N3O3S/c1-33-17-8-5-14(6-9-17)22-12-16(29-30(22)21-10-7-15(24)11-20(21)27)13-28-34(31,32)23-18(25)3-2-4-19(23)26/h2-11,22,28H,12-13H2,1H3. The van der Waals surface area contributed by atoms with Gasteiger partial charge in [0.25, 0.3) is 0 Å². The maximum atomic E-state index is 12.9. The fourth-order valence-electron chi connectivity index (χ4n) is 3.64. The molecule has 1 heterocycles. The van der Waals surface area contributed by atoms with Gasteiger partial charge in [0.2, 0.25) is 10.0 Å². The Morgan fingerprint density at radius 3 is 2.29 bits per heavy atom. The Labute approximate surface area is 218 Å². The number of benzene rings is 3. The second-order valence-corrected chi connectivity index (χ2v) is 10.8. The molecule has 1 atom stereocenters. The van der Waals surface area contributed by atoms with Gasteiger partial charge in [-0.3, -0.25) is 5.01 Å². The van der Waals surface area contributed by atoms with E-state index in [4.69, 9.17) is 51.1 Å². The quantitative estimate of drug-likeness (QED) is 0.355. The molecule has 0 saturated carbocycles. The second kappa shape index (κ2) is 10.3. The molecule has 3 aromatic carbocycles. The van der Waals surface area contributed by atoms with Crippen molar-refractivity contribution >= 4 is 67.8 Å². The number of anilines is 1. The summed E-state index contributed by atoms with van der Waals surface area (Å²) in [5, 5.41) is 7.47. The van der Waals surface area contributed by atoms with E-state index in [0.717, 1.165) is 11.3 Å². The molecule has 0 radical (unpaired) electrons. The third-order valence-corrected chi connectivity index (χ3v) is 8.18. The van der Waals surface area contributed by atoms with E-state index in [1.165, 1.54) is 12.1 Å². The Kier molecular flexibility index (Phi) is 7.62. The number of methoxy groups -OCH3 is 1. The molecule has 34 heavy (non-hydrogen) atoms. The van der Waals surface area contributed by atoms with Crippen LogP contribution in [0.4, 0.5) is 5.69 Å². The highest BCUT2D eigenvalue weighted by Gasteiger charge is 2.31. The molecule has 0 saturated heterocycles. The lowest BCUT2D eigenvalue weighted by molar-refractivity contribution is 0.414. The highest BCUT2D eigenvalue weighted by molar-refractivity contribution is 7.89. The zero-order valence-corrected chi connectivity index (χ0v) is 21.6. The molecule has 0 bridgehead atoms. The molecular weight excluding hydrogens is 540 g/mol. The summed E-state index contributed by atoms with van der Waals surface area (Å²) >= 11 is 24.7. The summed E-state index contributed by atoms with van der Waals surface area (Å²) in [5.74, 6) is 0.725. The molecule has 0 spiro atoms. The van der Waals surface area contributed by atoms with E-state index in [1.807, 2.05) is 24.3 Å². The molecule has 11 heteroatoms. The van der Waals surface area contributed by atoms with Gasteiger partial charge in [-0.15, -0.1) is 0 Å². The van der Waals surface area contributed by atoms with Gasteiger partial charge in [0.05, 0.1) is 46.2 Å². The van der Waals surface area contributed by atoms with Gasteiger partial charge in [0.1, 0.15) is 10.6 Å². The van der Waals surface area contributed by atoms with Crippen molar-refractivity contribution < 1.29 is 13.2 Å². The average Bonchev–Trinajstić information content (AvgIpc) is 3.21. The van der Waals surface area contributed by atoms with Gasteiger partial charge in [0.15, 0.2) is 0 Å². The van der Waals surface area contributed by atoms with Crippen molar-refractivity contribution in [3.05, 3.63) is 86.3 Å². The fourth-order valence-corrected chi connectivity index (χ4v) is 6.30. The summed E-state index contributed by atoms with van der Waals surface area (Å²) in [6, 6.07) is 17.0. The van der Waals surface area contributed by atoms with Crippen LogP contribution in [0.2, 0.25) is 20.1 Å². The molecule has 4 rings (SSSR count). The number of hydrazone groups is 1. The third-order valence-electron chi connectivity index (χ3n) is 5.28. The van der Waals surface area contributed by atoms with E-state index in [1.54, 1.807) is 36.4 Å². The maximum Gasteiger partial charge on any atom is 0.243 e. The maximum absolute atomic E-state index is 12.9. The molecule has 0 fully saturated rings. The van der Waals surface area contributed by atoms with Crippen molar-refractivity contribution in [2.45, 2.75) is 17.4 Å². The summed E-state index contributed by atoms with van der Waals surface area (Å²) in [5.41, 5.74) is 2.22. The highest BCUT2D eigenvalue weighted by atomic mass is 35.5. The summed E-state index contributed by atoms with van der Waals surface area (Å²) in [4.78, 5) is -0.166. The largest absolute Gasteiger partial charge is 0.497 e. The molecule has 0 amide bonds. The van der Waals surface area contributed by atoms with Crippen molar-refractivity contribution in [2.24, 2.45) is 5.10 Å². The van der Waals surface area contributed by atoms with Crippen LogP contribution in [0.5, 0.6) is 5.75 Å². The first-order valence-corrected chi connectivity index (χ1v) is 13.1. The van der Waals surface area contributed by atoms with Crippen LogP contribution in [0.25, 0.3) is 0 Å². The van der Waals surface area contributed by atoms with Crippen molar-refractivity contribution in [3.63, 3.8) is 0 Å². The van der Waals surface area contributed by atoms with E-state index >= 15 is 0 Å². The van der Waals surface area contributed by atoms with Crippen molar-refractivity contribution in [1.82, 2.24) is 4.72 Å². The van der Waals surface area contributed by atoms with Crippen LogP contribution in [0.3, 0.4) is 0 Å². The molecule has 1 unspecified atom stereocenters. The molecule has 1 aliphatic heterocycles. The van der Waals surface area contributed by atoms with E-state index in [-0.39, 0.29) is 27.5 Å². The zero-order chi connectivity index (χ0) is 24.5. The molecule has 0 aliphatic carbocycles. The minimum absolute atomic E-state index is 0.0295. The van der Waals surface area contributed by atoms with Crippen LogP contribution >= 0.6 is 46.4 Å². The van der Waals surface area contributed by atoms with Gasteiger partial charge < -0.3 is 4.74 Å². The summed E-state index contributed by atoms with van der Waals surface area (Å²) in [7, 11) is -2.37. The Hall–Kier alpha value is -2.00. The Bertz CT molecular complexity index is 1330. The number of halogens is 4. The van der Waals surface area contributed by atoms with Crippen LogP contribution in [-0.2, 0) is 10.0 Å². The highest BCUT2D eigenvalue weighted by Crippen LogP contribution is 2.40. The molecule has 1 aliphatic rings. The average molecular weight is 559 g/mol. The topological polar surface area (TPSA) is 71.0 Å². The Morgan fingerprint density at radius 2 is 1.68 bits per heavy atom. The molecule has 1 N–H and O–H groups in total. The fraction of sp³-hybridized carbons (Fsp3) is 0.174. The third kappa shape index (κ3) is 5.30. The zero-order valence-electron chi connectivity index (χ0n) is 17.8. The van der Waals surface area contributed by atoms with Crippen LogP contribution in [0.1, 0.15) is 18.0 Å². The number of rotatable bonds is 7. The summed E-state index contributed by atoms with van der Waals surface area (Å²) < 4.78 is 33.6. The lowest BCUT2D eigenvalue weighted by Gasteiger charge is -2.25. The smallest absolute Gasteiger partial charge is 0.243 e. The molecule has 3 aromatic rings. The lowest BCUT2D eigenvalue weighted by Crippen LogP contribution is -2.29. The van der Waals surface area contributed by atoms with Crippen molar-refractivity contribution in [2.75, 3.05) is 18.7 Å². The summed E-state index contributed by atoms with van der Waals surface area (Å²) in [6.45, 7) is -0.0295. The number of sulfonamides is 1. The predicted octanol–water partition coefficient (Wildman–Crippen LogP) is 6.59. The van der Waals surface area contributed by atoms with E-state index in [0.29, 0.717) is 27.9 Å². The van der Waals surface area contributed by atoms with Crippen LogP contribution < -0.4 is 14.5 Å². The number of hydrogen-bond donors (Lipinski definition) is 1. The van der Waals surface area contributed by atoms with Gasteiger partial charge in [-0.05, 0) is 48.0 Å². The van der Waals surface area contributed by atoms with Gasteiger partial charge in [0, 0.05) is 11.4 Å². The first kappa shape index (κ1) is 25.1. The van der Waals surface area contributed by atoms with Gasteiger partial charge >= 0.3 is 0 Å². The molecule has 0 aromatic heterocycles. The molecular formula is C23H19Cl4N3O3S. The molecule has 6 nitrogen and oxygen atoms in total. The number of nitrogens with one attached hydrogen (secondary N) is 1. The first-order chi connectivity index (χ1) is 16.2. The predicted molar refractivity (Wildman–Crippen MR) is 138 cm³/mol. The number of hydrogen-bond acceptors (Lipinski definition) is 5. The van der Waals surface area contributed by atoms with E-state index in [9.17, 15) is 8.42 Å². The van der Waals surface area contributed by atoms with E-state index in [2.05, 4.69) is 9.82 Å². The minimum atomic E-state index is -3.97. The van der Waals surface area contributed by atoms with Crippen molar-refractivity contribution in [1.29, 1.82) is 0 Å². The first-order valence-electron chi connectivity index (χ1n) is 10.1. The second-order valence-electron chi connectivity index (χ2n) is 7.47. The van der Waals surface area contributed by atoms with Crippen LogP contribution in [0, 0.1) is 0 Å². The minimum Gasteiger partial charge on any atom is -0.497 e. The molecule has 178 valence electrons. The van der Waals surface area contributed by atoms with Gasteiger partial charge in [-0.2, -0.15) is 5.10 Å². The van der Waals surface area contributed by atoms with E-state index < -0.39 is 10.0 Å². The SMILES string of the molecule is COc1ccc(C2CC(CNS(=O)(=O)c3c(Cl)cccc3Cl)=NN2c2ccc(Cl)cc2Cl)cc1. The number of ether oxygens (including phenoxy) is 1. The van der Waals surface area contributed by atoms with Crippen LogP contribution in [-0.4, -0.2) is 27.8 Å². The number of nitrogens with zero attached hydrogens (tertiary/aromatic N) is 2. The van der Waals surface area contributed by atoms with Crippen LogP contribution in [0.15, 0.2) is 70.7 Å². The normalized spacial score (nSPS) is 16.0. The summed E-state index contributed by atoms with van der Waals surface area (Å²) in [6.07, 6.45) is 0.462.